The molecule has 0 atom stereocenters. The molecular formula is C21H24ClN3O4. The normalized spacial score (nSPS) is 14.1. The Labute approximate surface area is 174 Å². The van der Waals surface area contributed by atoms with Gasteiger partial charge in [-0.25, -0.2) is 0 Å². The maximum Gasteiger partial charge on any atom is 0.255 e. The van der Waals surface area contributed by atoms with Crippen molar-refractivity contribution in [2.45, 2.75) is 6.42 Å². The fourth-order valence-electron chi connectivity index (χ4n) is 3.16. The van der Waals surface area contributed by atoms with Crippen LogP contribution in [0.15, 0.2) is 36.4 Å². The predicted molar refractivity (Wildman–Crippen MR) is 112 cm³/mol. The van der Waals surface area contributed by atoms with E-state index in [-0.39, 0.29) is 11.8 Å². The Morgan fingerprint density at radius 2 is 1.76 bits per heavy atom. The summed E-state index contributed by atoms with van der Waals surface area (Å²) >= 11 is 6.26. The summed E-state index contributed by atoms with van der Waals surface area (Å²) < 4.78 is 10.4. The molecule has 7 nitrogen and oxygen atoms in total. The average molecular weight is 418 g/mol. The molecule has 1 heterocycles. The quantitative estimate of drug-likeness (QED) is 0.781. The van der Waals surface area contributed by atoms with E-state index in [1.165, 1.54) is 14.2 Å². The molecule has 2 N–H and O–H groups in total. The summed E-state index contributed by atoms with van der Waals surface area (Å²) in [6.07, 6.45) is 0.905. The number of halogens is 1. The molecule has 0 radical (unpaired) electrons. The van der Waals surface area contributed by atoms with E-state index in [0.29, 0.717) is 46.4 Å². The zero-order chi connectivity index (χ0) is 20.8. The van der Waals surface area contributed by atoms with Gasteiger partial charge < -0.3 is 25.0 Å². The second kappa shape index (κ2) is 9.62. The van der Waals surface area contributed by atoms with Crippen LogP contribution in [0.2, 0.25) is 5.02 Å². The largest absolute Gasteiger partial charge is 0.493 e. The third-order valence-corrected chi connectivity index (χ3v) is 5.06. The lowest BCUT2D eigenvalue weighted by molar-refractivity contribution is 0.0766. The summed E-state index contributed by atoms with van der Waals surface area (Å²) in [6.45, 7) is 3.01. The fourth-order valence-corrected chi connectivity index (χ4v) is 3.32. The molecule has 0 aromatic heterocycles. The first-order valence-electron chi connectivity index (χ1n) is 9.36. The lowest BCUT2D eigenvalue weighted by atomic mass is 10.1. The third-order valence-electron chi connectivity index (χ3n) is 4.73. The van der Waals surface area contributed by atoms with Crippen molar-refractivity contribution >= 4 is 29.1 Å². The van der Waals surface area contributed by atoms with Crippen molar-refractivity contribution in [3.8, 4) is 11.5 Å². The first-order chi connectivity index (χ1) is 14.0. The second-order valence-corrected chi connectivity index (χ2v) is 7.02. The molecule has 1 saturated heterocycles. The second-order valence-electron chi connectivity index (χ2n) is 6.61. The first kappa shape index (κ1) is 21.0. The topological polar surface area (TPSA) is 79.9 Å². The Morgan fingerprint density at radius 1 is 1.00 bits per heavy atom. The average Bonchev–Trinajstić information content (AvgIpc) is 3.03. The highest BCUT2D eigenvalue weighted by Gasteiger charge is 2.19. The minimum atomic E-state index is -0.364. The van der Waals surface area contributed by atoms with Crippen molar-refractivity contribution in [1.82, 2.24) is 10.2 Å². The Bertz CT molecular complexity index is 895. The molecule has 3 rings (SSSR count). The van der Waals surface area contributed by atoms with E-state index in [4.69, 9.17) is 21.1 Å². The van der Waals surface area contributed by atoms with Gasteiger partial charge >= 0.3 is 0 Å². The minimum Gasteiger partial charge on any atom is -0.493 e. The lowest BCUT2D eigenvalue weighted by Crippen LogP contribution is -2.34. The van der Waals surface area contributed by atoms with Gasteiger partial charge in [0.05, 0.1) is 24.9 Å². The monoisotopic (exact) mass is 417 g/mol. The van der Waals surface area contributed by atoms with Gasteiger partial charge in [0.1, 0.15) is 0 Å². The van der Waals surface area contributed by atoms with E-state index in [0.717, 1.165) is 19.5 Å². The predicted octanol–water partition coefficient (Wildman–Crippen LogP) is 3.05. The lowest BCUT2D eigenvalue weighted by Gasteiger charge is -2.20. The maximum atomic E-state index is 12.8. The summed E-state index contributed by atoms with van der Waals surface area (Å²) in [5.41, 5.74) is 1.25. The van der Waals surface area contributed by atoms with Gasteiger partial charge in [-0.05, 0) is 49.4 Å². The van der Waals surface area contributed by atoms with E-state index in [1.54, 1.807) is 36.4 Å². The SMILES string of the molecule is COc1ccc(C(=O)Nc2cc(C(=O)N3CCCNCC3)ccc2Cl)cc1OC. The highest BCUT2D eigenvalue weighted by Crippen LogP contribution is 2.29. The van der Waals surface area contributed by atoms with Gasteiger partial charge in [0.15, 0.2) is 11.5 Å². The number of benzene rings is 2. The summed E-state index contributed by atoms with van der Waals surface area (Å²) in [5.74, 6) is 0.537. The molecule has 1 aliphatic rings. The number of amides is 2. The van der Waals surface area contributed by atoms with Crippen LogP contribution < -0.4 is 20.1 Å². The standard InChI is InChI=1S/C21H24ClN3O4/c1-28-18-7-5-14(13-19(18)29-2)20(26)24-17-12-15(4-6-16(17)22)21(27)25-10-3-8-23-9-11-25/h4-7,12-13,23H,3,8-11H2,1-2H3,(H,24,26). The fraction of sp³-hybridized carbons (Fsp3) is 0.333. The van der Waals surface area contributed by atoms with Crippen molar-refractivity contribution in [3.05, 3.63) is 52.5 Å². The van der Waals surface area contributed by atoms with Crippen molar-refractivity contribution in [2.24, 2.45) is 0 Å². The van der Waals surface area contributed by atoms with E-state index in [9.17, 15) is 9.59 Å². The molecule has 8 heteroatoms. The van der Waals surface area contributed by atoms with Gasteiger partial charge in [-0.1, -0.05) is 11.6 Å². The molecule has 0 bridgehead atoms. The zero-order valence-electron chi connectivity index (χ0n) is 16.5. The number of anilines is 1. The Balaban J connectivity index is 1.79. The van der Waals surface area contributed by atoms with E-state index < -0.39 is 0 Å². The molecule has 2 aromatic rings. The number of hydrogen-bond donors (Lipinski definition) is 2. The molecule has 0 aliphatic carbocycles. The first-order valence-corrected chi connectivity index (χ1v) is 9.74. The van der Waals surface area contributed by atoms with Gasteiger partial charge in [-0.15, -0.1) is 0 Å². The molecule has 2 amide bonds. The van der Waals surface area contributed by atoms with Crippen LogP contribution in [0.4, 0.5) is 5.69 Å². The highest BCUT2D eigenvalue weighted by atomic mass is 35.5. The Morgan fingerprint density at radius 3 is 2.52 bits per heavy atom. The van der Waals surface area contributed by atoms with Crippen molar-refractivity contribution in [3.63, 3.8) is 0 Å². The summed E-state index contributed by atoms with van der Waals surface area (Å²) in [5, 5.41) is 6.40. The van der Waals surface area contributed by atoms with Crippen molar-refractivity contribution in [1.29, 1.82) is 0 Å². The molecular weight excluding hydrogens is 394 g/mol. The Kier molecular flexibility index (Phi) is 6.95. The van der Waals surface area contributed by atoms with Crippen molar-refractivity contribution in [2.75, 3.05) is 45.7 Å². The molecule has 29 heavy (non-hydrogen) atoms. The Hall–Kier alpha value is -2.77. The minimum absolute atomic E-state index is 0.0769. The summed E-state index contributed by atoms with van der Waals surface area (Å²) in [6, 6.07) is 9.78. The van der Waals surface area contributed by atoms with Gasteiger partial charge in [0.2, 0.25) is 0 Å². The van der Waals surface area contributed by atoms with Crippen LogP contribution in [0.1, 0.15) is 27.1 Å². The van der Waals surface area contributed by atoms with Gasteiger partial charge in [0.25, 0.3) is 11.8 Å². The summed E-state index contributed by atoms with van der Waals surface area (Å²) in [7, 11) is 3.03. The number of nitrogens with one attached hydrogen (secondary N) is 2. The third kappa shape index (κ3) is 4.99. The van der Waals surface area contributed by atoms with E-state index in [1.807, 2.05) is 4.90 Å². The molecule has 1 aliphatic heterocycles. The highest BCUT2D eigenvalue weighted by molar-refractivity contribution is 6.34. The number of methoxy groups -OCH3 is 2. The van der Waals surface area contributed by atoms with Crippen molar-refractivity contribution < 1.29 is 19.1 Å². The van der Waals surface area contributed by atoms with E-state index >= 15 is 0 Å². The van der Waals surface area contributed by atoms with Crippen LogP contribution in [-0.2, 0) is 0 Å². The van der Waals surface area contributed by atoms with Gasteiger partial charge in [-0.2, -0.15) is 0 Å². The molecule has 154 valence electrons. The van der Waals surface area contributed by atoms with Crippen LogP contribution in [0, 0.1) is 0 Å². The summed E-state index contributed by atoms with van der Waals surface area (Å²) in [4.78, 5) is 27.3. The van der Waals surface area contributed by atoms with Crippen LogP contribution >= 0.6 is 11.6 Å². The number of nitrogens with zero attached hydrogens (tertiary/aromatic N) is 1. The molecule has 2 aromatic carbocycles. The number of rotatable bonds is 5. The van der Waals surface area contributed by atoms with Crippen LogP contribution in [-0.4, -0.2) is 57.1 Å². The molecule has 0 spiro atoms. The molecule has 1 fully saturated rings. The zero-order valence-corrected chi connectivity index (χ0v) is 17.2. The number of carbonyl (C=O) groups is 2. The van der Waals surface area contributed by atoms with Crippen LogP contribution in [0.25, 0.3) is 0 Å². The van der Waals surface area contributed by atoms with E-state index in [2.05, 4.69) is 10.6 Å². The molecule has 0 saturated carbocycles. The number of carbonyl (C=O) groups excluding carboxylic acids is 2. The van der Waals surface area contributed by atoms with Gasteiger partial charge in [-0.3, -0.25) is 9.59 Å². The smallest absolute Gasteiger partial charge is 0.255 e. The number of ether oxygens (including phenoxy) is 2. The van der Waals surface area contributed by atoms with Gasteiger partial charge in [0, 0.05) is 30.8 Å². The molecule has 0 unspecified atom stereocenters. The van der Waals surface area contributed by atoms with Crippen LogP contribution in [0.3, 0.4) is 0 Å². The van der Waals surface area contributed by atoms with Crippen LogP contribution in [0.5, 0.6) is 11.5 Å². The maximum absolute atomic E-state index is 12.8. The number of hydrogen-bond acceptors (Lipinski definition) is 5.